The minimum Gasteiger partial charge on any atom is -0.350 e. The molecule has 4 nitrogen and oxygen atoms in total. The Morgan fingerprint density at radius 2 is 1.79 bits per heavy atom. The minimum absolute atomic E-state index is 0.173. The van der Waals surface area contributed by atoms with Crippen molar-refractivity contribution < 1.29 is 14.0 Å². The van der Waals surface area contributed by atoms with Crippen LogP contribution in [0.3, 0.4) is 0 Å². The fourth-order valence-corrected chi connectivity index (χ4v) is 2.69. The zero-order valence-electron chi connectivity index (χ0n) is 13.3. The van der Waals surface area contributed by atoms with Gasteiger partial charge >= 0.3 is 0 Å². The highest BCUT2D eigenvalue weighted by Crippen LogP contribution is 2.15. The van der Waals surface area contributed by atoms with Crippen LogP contribution >= 0.6 is 15.9 Å². The summed E-state index contributed by atoms with van der Waals surface area (Å²) in [4.78, 5) is 25.4. The van der Waals surface area contributed by atoms with Crippen molar-refractivity contribution in [3.8, 4) is 0 Å². The minimum atomic E-state index is -0.346. The van der Waals surface area contributed by atoms with E-state index in [1.165, 1.54) is 17.9 Å². The molecular formula is C18H18BrFN2O2. The Morgan fingerprint density at radius 3 is 2.46 bits per heavy atom. The van der Waals surface area contributed by atoms with E-state index in [2.05, 4.69) is 21.2 Å². The van der Waals surface area contributed by atoms with Crippen molar-refractivity contribution in [2.75, 3.05) is 13.1 Å². The largest absolute Gasteiger partial charge is 0.350 e. The van der Waals surface area contributed by atoms with Crippen molar-refractivity contribution in [2.24, 2.45) is 0 Å². The molecule has 0 saturated carbocycles. The third kappa shape index (κ3) is 4.89. The number of hydrogen-bond acceptors (Lipinski definition) is 2. The Hall–Kier alpha value is -2.21. The summed E-state index contributed by atoms with van der Waals surface area (Å²) in [6, 6.07) is 13.4. The van der Waals surface area contributed by atoms with Crippen molar-refractivity contribution in [1.29, 1.82) is 0 Å². The number of nitrogens with one attached hydrogen (secondary N) is 1. The first-order chi connectivity index (χ1) is 11.5. The van der Waals surface area contributed by atoms with Gasteiger partial charge in [-0.05, 0) is 34.1 Å². The lowest BCUT2D eigenvalue weighted by molar-refractivity contribution is -0.129. The fraction of sp³-hybridized carbons (Fsp3) is 0.222. The average molecular weight is 393 g/mol. The molecule has 0 aromatic heterocycles. The second-order valence-corrected chi connectivity index (χ2v) is 6.12. The number of benzene rings is 2. The van der Waals surface area contributed by atoms with E-state index in [1.54, 1.807) is 36.4 Å². The summed E-state index contributed by atoms with van der Waals surface area (Å²) in [5.41, 5.74) is 0.978. The lowest BCUT2D eigenvalue weighted by Crippen LogP contribution is -2.37. The summed E-state index contributed by atoms with van der Waals surface area (Å²) in [5.74, 6) is -0.744. The second-order valence-electron chi connectivity index (χ2n) is 5.27. The zero-order valence-corrected chi connectivity index (χ0v) is 14.8. The molecule has 0 saturated heterocycles. The van der Waals surface area contributed by atoms with E-state index in [0.717, 1.165) is 0 Å². The Labute approximate surface area is 148 Å². The summed E-state index contributed by atoms with van der Waals surface area (Å²) < 4.78 is 14.4. The molecule has 0 atom stereocenters. The number of carbonyl (C=O) groups is 2. The van der Waals surface area contributed by atoms with Crippen molar-refractivity contribution in [3.63, 3.8) is 0 Å². The normalized spacial score (nSPS) is 10.3. The smallest absolute Gasteiger partial charge is 0.252 e. The molecule has 0 heterocycles. The molecule has 2 rings (SSSR count). The first-order valence-corrected chi connectivity index (χ1v) is 8.30. The molecule has 0 spiro atoms. The van der Waals surface area contributed by atoms with Gasteiger partial charge in [0, 0.05) is 36.6 Å². The fourth-order valence-electron chi connectivity index (χ4n) is 2.23. The van der Waals surface area contributed by atoms with E-state index < -0.39 is 0 Å². The second kappa shape index (κ2) is 8.59. The van der Waals surface area contributed by atoms with Gasteiger partial charge in [-0.3, -0.25) is 9.59 Å². The Kier molecular flexibility index (Phi) is 6.49. The van der Waals surface area contributed by atoms with Crippen LogP contribution in [0.4, 0.5) is 4.39 Å². The summed E-state index contributed by atoms with van der Waals surface area (Å²) in [5, 5.41) is 2.77. The number of carbonyl (C=O) groups excluding carboxylic acids is 2. The van der Waals surface area contributed by atoms with E-state index >= 15 is 0 Å². The molecule has 0 unspecified atom stereocenters. The predicted octanol–water partition coefficient (Wildman–Crippen LogP) is 3.37. The number of rotatable bonds is 6. The highest BCUT2D eigenvalue weighted by Gasteiger charge is 2.13. The van der Waals surface area contributed by atoms with Crippen molar-refractivity contribution in [2.45, 2.75) is 13.5 Å². The molecule has 6 heteroatoms. The third-order valence-electron chi connectivity index (χ3n) is 3.55. The molecule has 0 aliphatic heterocycles. The first kappa shape index (κ1) is 18.1. The lowest BCUT2D eigenvalue weighted by Gasteiger charge is -2.21. The number of amides is 2. The summed E-state index contributed by atoms with van der Waals surface area (Å²) in [7, 11) is 0. The third-order valence-corrected chi connectivity index (χ3v) is 4.24. The van der Waals surface area contributed by atoms with Crippen molar-refractivity contribution in [1.82, 2.24) is 10.2 Å². The molecule has 0 fully saturated rings. The van der Waals surface area contributed by atoms with Gasteiger partial charge in [0.15, 0.2) is 0 Å². The maximum absolute atomic E-state index is 13.7. The summed E-state index contributed by atoms with van der Waals surface area (Å²) >= 11 is 3.33. The SMILES string of the molecule is CC(=O)N(CCNC(=O)c1ccccc1Br)Cc1ccccc1F. The van der Waals surface area contributed by atoms with Gasteiger partial charge in [-0.1, -0.05) is 30.3 Å². The maximum Gasteiger partial charge on any atom is 0.252 e. The van der Waals surface area contributed by atoms with Crippen LogP contribution in [0.25, 0.3) is 0 Å². The van der Waals surface area contributed by atoms with E-state index in [1.807, 2.05) is 6.07 Å². The molecule has 126 valence electrons. The van der Waals surface area contributed by atoms with Gasteiger partial charge in [0.1, 0.15) is 5.82 Å². The molecule has 2 aromatic carbocycles. The predicted molar refractivity (Wildman–Crippen MR) is 94.0 cm³/mol. The van der Waals surface area contributed by atoms with Gasteiger partial charge in [-0.25, -0.2) is 4.39 Å². The van der Waals surface area contributed by atoms with Gasteiger partial charge in [0.25, 0.3) is 5.91 Å². The van der Waals surface area contributed by atoms with Crippen LogP contribution in [0.1, 0.15) is 22.8 Å². The standard InChI is InChI=1S/C18H18BrFN2O2/c1-13(23)22(12-14-6-2-5-9-17(14)20)11-10-21-18(24)15-7-3-4-8-16(15)19/h2-9H,10-12H2,1H3,(H,21,24). The number of hydrogen-bond donors (Lipinski definition) is 1. The van der Waals surface area contributed by atoms with E-state index in [9.17, 15) is 14.0 Å². The van der Waals surface area contributed by atoms with Crippen LogP contribution in [0.15, 0.2) is 53.0 Å². The molecule has 2 amide bonds. The van der Waals surface area contributed by atoms with Crippen LogP contribution in [-0.2, 0) is 11.3 Å². The van der Waals surface area contributed by atoms with Crippen molar-refractivity contribution in [3.05, 3.63) is 69.9 Å². The Balaban J connectivity index is 1.93. The molecule has 0 bridgehead atoms. The number of halogens is 2. The molecule has 0 radical (unpaired) electrons. The van der Waals surface area contributed by atoms with E-state index in [4.69, 9.17) is 0 Å². The average Bonchev–Trinajstić information content (AvgIpc) is 2.55. The van der Waals surface area contributed by atoms with Crippen LogP contribution < -0.4 is 5.32 Å². The van der Waals surface area contributed by atoms with Gasteiger partial charge in [0.05, 0.1) is 5.56 Å². The van der Waals surface area contributed by atoms with Gasteiger partial charge in [-0.15, -0.1) is 0 Å². The van der Waals surface area contributed by atoms with E-state index in [-0.39, 0.29) is 30.7 Å². The topological polar surface area (TPSA) is 49.4 Å². The summed E-state index contributed by atoms with van der Waals surface area (Å²) in [6.07, 6.45) is 0. The van der Waals surface area contributed by atoms with Crippen LogP contribution in [0, 0.1) is 5.82 Å². The Bertz CT molecular complexity index is 736. The highest BCUT2D eigenvalue weighted by atomic mass is 79.9. The van der Waals surface area contributed by atoms with Crippen LogP contribution in [-0.4, -0.2) is 29.8 Å². The highest BCUT2D eigenvalue weighted by molar-refractivity contribution is 9.10. The molecule has 2 aromatic rings. The van der Waals surface area contributed by atoms with Crippen LogP contribution in [0.5, 0.6) is 0 Å². The molecule has 24 heavy (non-hydrogen) atoms. The number of nitrogens with zero attached hydrogens (tertiary/aromatic N) is 1. The van der Waals surface area contributed by atoms with Gasteiger partial charge < -0.3 is 10.2 Å². The molecule has 0 aliphatic carbocycles. The molecule has 0 aliphatic rings. The van der Waals surface area contributed by atoms with E-state index in [0.29, 0.717) is 22.1 Å². The lowest BCUT2D eigenvalue weighted by atomic mass is 10.2. The Morgan fingerprint density at radius 1 is 1.12 bits per heavy atom. The molecular weight excluding hydrogens is 375 g/mol. The molecule has 1 N–H and O–H groups in total. The quantitative estimate of drug-likeness (QED) is 0.818. The monoisotopic (exact) mass is 392 g/mol. The summed E-state index contributed by atoms with van der Waals surface area (Å²) in [6.45, 7) is 2.19. The van der Waals surface area contributed by atoms with Gasteiger partial charge in [-0.2, -0.15) is 0 Å². The first-order valence-electron chi connectivity index (χ1n) is 7.50. The maximum atomic E-state index is 13.7. The van der Waals surface area contributed by atoms with Gasteiger partial charge in [0.2, 0.25) is 5.91 Å². The van der Waals surface area contributed by atoms with Crippen LogP contribution in [0.2, 0.25) is 0 Å². The zero-order chi connectivity index (χ0) is 17.5. The van der Waals surface area contributed by atoms with Crippen molar-refractivity contribution >= 4 is 27.7 Å².